The molecule has 1 aliphatic rings. The van der Waals surface area contributed by atoms with Crippen LogP contribution in [0.1, 0.15) is 39.2 Å². The average molecular weight is 497 g/mol. The Balaban J connectivity index is 2.11. The second-order valence-corrected chi connectivity index (χ2v) is 10.8. The lowest BCUT2D eigenvalue weighted by atomic mass is 9.85. The lowest BCUT2D eigenvalue weighted by Gasteiger charge is -2.34. The van der Waals surface area contributed by atoms with E-state index in [9.17, 15) is 14.2 Å². The number of hydrogen-bond acceptors (Lipinski definition) is 8. The number of para-hydroxylation sites is 2. The molecule has 0 spiro atoms. The first kappa shape index (κ1) is 24.9. The lowest BCUT2D eigenvalue weighted by molar-refractivity contribution is -0.143. The molecule has 0 radical (unpaired) electrons. The van der Waals surface area contributed by atoms with Crippen LogP contribution in [0.3, 0.4) is 0 Å². The quantitative estimate of drug-likeness (QED) is 0.268. The number of rotatable bonds is 6. The molecule has 184 valence electrons. The standard InChI is InChI=1S/C26H28NO7P/c1-14(2)33-26(29)21-15(3)27-16(4)25(35(30,31-5)32-6)22(21)18-11-9-12-19-23(28)17-10-7-8-13-20(17)34-24(18)19/h7-14,22,27H,1-6H3. The summed E-state index contributed by atoms with van der Waals surface area (Å²) in [7, 11) is -1.28. The van der Waals surface area contributed by atoms with Crippen molar-refractivity contribution in [1.82, 2.24) is 5.32 Å². The zero-order valence-corrected chi connectivity index (χ0v) is 21.4. The highest BCUT2D eigenvalue weighted by atomic mass is 31.2. The molecular formula is C26H28NO7P. The van der Waals surface area contributed by atoms with Gasteiger partial charge in [0.1, 0.15) is 11.2 Å². The van der Waals surface area contributed by atoms with Crippen molar-refractivity contribution in [2.75, 3.05) is 14.2 Å². The first-order chi connectivity index (χ1) is 16.6. The van der Waals surface area contributed by atoms with Gasteiger partial charge >= 0.3 is 13.6 Å². The maximum absolute atomic E-state index is 13.8. The molecule has 1 N–H and O–H groups in total. The summed E-state index contributed by atoms with van der Waals surface area (Å²) in [6.45, 7) is 6.97. The van der Waals surface area contributed by atoms with E-state index < -0.39 is 19.5 Å². The minimum Gasteiger partial charge on any atom is -0.460 e. The smallest absolute Gasteiger partial charge is 0.359 e. The van der Waals surface area contributed by atoms with E-state index in [1.54, 1.807) is 70.2 Å². The van der Waals surface area contributed by atoms with E-state index in [-0.39, 0.29) is 28.0 Å². The van der Waals surface area contributed by atoms with Gasteiger partial charge in [0.05, 0.1) is 33.7 Å². The molecule has 1 unspecified atom stereocenters. The van der Waals surface area contributed by atoms with Crippen molar-refractivity contribution in [1.29, 1.82) is 0 Å². The van der Waals surface area contributed by atoms with Gasteiger partial charge in [0, 0.05) is 31.2 Å². The van der Waals surface area contributed by atoms with Crippen LogP contribution in [0.25, 0.3) is 21.9 Å². The number of esters is 1. The molecule has 0 aliphatic carbocycles. The van der Waals surface area contributed by atoms with Crippen LogP contribution in [0.4, 0.5) is 0 Å². The maximum atomic E-state index is 13.8. The summed E-state index contributed by atoms with van der Waals surface area (Å²) in [4.78, 5) is 26.7. The Kier molecular flexibility index (Phi) is 6.73. The molecule has 0 bridgehead atoms. The summed E-state index contributed by atoms with van der Waals surface area (Å²) < 4.78 is 36.3. The zero-order chi connectivity index (χ0) is 25.5. The SMILES string of the molecule is COP(=O)(OC)C1=C(C)NC(C)=C(C(=O)OC(C)C)C1c1cccc2c(=O)c3ccccc3oc12. The van der Waals surface area contributed by atoms with Crippen LogP contribution < -0.4 is 10.7 Å². The van der Waals surface area contributed by atoms with Crippen molar-refractivity contribution in [3.8, 4) is 0 Å². The van der Waals surface area contributed by atoms with E-state index >= 15 is 0 Å². The van der Waals surface area contributed by atoms with Gasteiger partial charge in [-0.15, -0.1) is 0 Å². The fourth-order valence-corrected chi connectivity index (χ4v) is 6.14. The lowest BCUT2D eigenvalue weighted by Crippen LogP contribution is -2.30. The van der Waals surface area contributed by atoms with Crippen LogP contribution in [0.5, 0.6) is 0 Å². The van der Waals surface area contributed by atoms with Crippen LogP contribution in [-0.4, -0.2) is 26.3 Å². The third-order valence-corrected chi connectivity index (χ3v) is 8.15. The second kappa shape index (κ2) is 9.46. The molecule has 2 heterocycles. The molecule has 35 heavy (non-hydrogen) atoms. The van der Waals surface area contributed by atoms with Crippen molar-refractivity contribution in [2.45, 2.75) is 39.7 Å². The predicted molar refractivity (Wildman–Crippen MR) is 134 cm³/mol. The largest absolute Gasteiger partial charge is 0.460 e. The molecule has 0 saturated heterocycles. The molecule has 1 atom stereocenters. The highest BCUT2D eigenvalue weighted by molar-refractivity contribution is 7.58. The van der Waals surface area contributed by atoms with Gasteiger partial charge in [0.15, 0.2) is 0 Å². The predicted octanol–water partition coefficient (Wildman–Crippen LogP) is 5.58. The zero-order valence-electron chi connectivity index (χ0n) is 20.5. The van der Waals surface area contributed by atoms with Gasteiger partial charge < -0.3 is 23.5 Å². The molecule has 1 aliphatic heterocycles. The molecule has 9 heteroatoms. The first-order valence-corrected chi connectivity index (χ1v) is 12.7. The molecule has 1 aromatic heterocycles. The Labute approximate surface area is 203 Å². The molecule has 0 fully saturated rings. The molecule has 0 amide bonds. The number of benzene rings is 2. The van der Waals surface area contributed by atoms with E-state index in [2.05, 4.69) is 5.32 Å². The molecule has 2 aromatic carbocycles. The van der Waals surface area contributed by atoms with Crippen LogP contribution in [0.15, 0.2) is 74.0 Å². The van der Waals surface area contributed by atoms with E-state index in [0.29, 0.717) is 33.3 Å². The number of dihydropyridines is 1. The van der Waals surface area contributed by atoms with Crippen molar-refractivity contribution >= 4 is 35.5 Å². The molecule has 3 aromatic rings. The summed E-state index contributed by atoms with van der Waals surface area (Å²) in [5.41, 5.74) is 2.25. The van der Waals surface area contributed by atoms with Crippen LogP contribution in [-0.2, 0) is 23.1 Å². The number of allylic oxidation sites excluding steroid dienone is 3. The number of nitrogens with one attached hydrogen (secondary N) is 1. The Morgan fingerprint density at radius 3 is 2.31 bits per heavy atom. The van der Waals surface area contributed by atoms with Gasteiger partial charge in [-0.3, -0.25) is 9.36 Å². The fraction of sp³-hybridized carbons (Fsp3) is 0.308. The Morgan fingerprint density at radius 2 is 1.66 bits per heavy atom. The third kappa shape index (κ3) is 4.22. The maximum Gasteiger partial charge on any atom is 0.359 e. The summed E-state index contributed by atoms with van der Waals surface area (Å²) in [6, 6.07) is 12.1. The molecule has 4 rings (SSSR count). The van der Waals surface area contributed by atoms with Gasteiger partial charge in [-0.1, -0.05) is 24.3 Å². The number of hydrogen-bond donors (Lipinski definition) is 1. The Bertz CT molecular complexity index is 1490. The van der Waals surface area contributed by atoms with Crippen LogP contribution in [0.2, 0.25) is 0 Å². The minimum absolute atomic E-state index is 0.200. The fourth-order valence-electron chi connectivity index (χ4n) is 4.54. The second-order valence-electron chi connectivity index (χ2n) is 8.57. The molecular weight excluding hydrogens is 469 g/mol. The van der Waals surface area contributed by atoms with E-state index in [1.807, 2.05) is 0 Å². The summed E-state index contributed by atoms with van der Waals surface area (Å²) >= 11 is 0. The van der Waals surface area contributed by atoms with Crippen molar-refractivity contribution in [3.05, 3.63) is 80.5 Å². The van der Waals surface area contributed by atoms with E-state index in [4.69, 9.17) is 18.2 Å². The number of carbonyl (C=O) groups is 1. The Morgan fingerprint density at radius 1 is 1.00 bits per heavy atom. The highest BCUT2D eigenvalue weighted by Crippen LogP contribution is 2.63. The Hall–Kier alpha value is -3.19. The summed E-state index contributed by atoms with van der Waals surface area (Å²) in [5, 5.41) is 4.16. The van der Waals surface area contributed by atoms with Gasteiger partial charge in [-0.2, -0.15) is 0 Å². The third-order valence-electron chi connectivity index (χ3n) is 6.01. The van der Waals surface area contributed by atoms with Crippen LogP contribution >= 0.6 is 7.60 Å². The average Bonchev–Trinajstić information content (AvgIpc) is 2.82. The number of fused-ring (bicyclic) bond motifs is 2. The van der Waals surface area contributed by atoms with Gasteiger partial charge in [0.25, 0.3) is 0 Å². The minimum atomic E-state index is -3.85. The highest BCUT2D eigenvalue weighted by Gasteiger charge is 2.45. The van der Waals surface area contributed by atoms with Crippen molar-refractivity contribution < 1.29 is 27.6 Å². The van der Waals surface area contributed by atoms with Gasteiger partial charge in [-0.25, -0.2) is 4.79 Å². The number of carbonyl (C=O) groups excluding carboxylic acids is 1. The van der Waals surface area contributed by atoms with Gasteiger partial charge in [0.2, 0.25) is 5.43 Å². The van der Waals surface area contributed by atoms with E-state index in [0.717, 1.165) is 0 Å². The van der Waals surface area contributed by atoms with Crippen molar-refractivity contribution in [3.63, 3.8) is 0 Å². The molecule has 0 saturated carbocycles. The summed E-state index contributed by atoms with van der Waals surface area (Å²) in [6.07, 6.45) is -0.384. The monoisotopic (exact) mass is 497 g/mol. The van der Waals surface area contributed by atoms with Crippen molar-refractivity contribution in [2.24, 2.45) is 0 Å². The first-order valence-electron chi connectivity index (χ1n) is 11.2. The van der Waals surface area contributed by atoms with Crippen LogP contribution in [0, 0.1) is 0 Å². The molecule has 8 nitrogen and oxygen atoms in total. The normalized spacial score (nSPS) is 16.8. The topological polar surface area (TPSA) is 104 Å². The number of ether oxygens (including phenoxy) is 1. The summed E-state index contributed by atoms with van der Waals surface area (Å²) in [5.74, 6) is -1.50. The van der Waals surface area contributed by atoms with Gasteiger partial charge in [-0.05, 0) is 45.9 Å². The van der Waals surface area contributed by atoms with E-state index in [1.165, 1.54) is 14.2 Å².